The van der Waals surface area contributed by atoms with Crippen molar-refractivity contribution in [1.29, 1.82) is 0 Å². The molecule has 7 heteroatoms. The number of imidazole rings is 1. The van der Waals surface area contributed by atoms with Crippen molar-refractivity contribution in [1.82, 2.24) is 19.3 Å². The van der Waals surface area contributed by atoms with Gasteiger partial charge in [0.05, 0.1) is 18.3 Å². The fourth-order valence-corrected chi connectivity index (χ4v) is 2.82. The maximum Gasteiger partial charge on any atom is 0.326 e. The molecule has 0 bridgehead atoms. The SMILES string of the molecule is Nc1ccc2c(cnn2C(=O)c2c[nH]c(=O)n2Cc2ccccc2)c1. The minimum atomic E-state index is -0.381. The zero-order chi connectivity index (χ0) is 17.4. The Kier molecular flexibility index (Phi) is 3.46. The van der Waals surface area contributed by atoms with Gasteiger partial charge in [-0.2, -0.15) is 9.78 Å². The number of hydrogen-bond acceptors (Lipinski definition) is 4. The van der Waals surface area contributed by atoms with Gasteiger partial charge < -0.3 is 10.7 Å². The predicted molar refractivity (Wildman–Crippen MR) is 94.5 cm³/mol. The quantitative estimate of drug-likeness (QED) is 0.559. The molecule has 25 heavy (non-hydrogen) atoms. The smallest absolute Gasteiger partial charge is 0.326 e. The summed E-state index contributed by atoms with van der Waals surface area (Å²) >= 11 is 0. The van der Waals surface area contributed by atoms with Crippen molar-refractivity contribution in [3.63, 3.8) is 0 Å². The van der Waals surface area contributed by atoms with E-state index in [0.717, 1.165) is 10.9 Å². The van der Waals surface area contributed by atoms with Crippen LogP contribution in [-0.4, -0.2) is 25.2 Å². The number of nitrogens with one attached hydrogen (secondary N) is 1. The molecule has 2 aromatic heterocycles. The monoisotopic (exact) mass is 333 g/mol. The van der Waals surface area contributed by atoms with Crippen LogP contribution in [0, 0.1) is 0 Å². The second kappa shape index (κ2) is 5.79. The van der Waals surface area contributed by atoms with Crippen LogP contribution in [0.25, 0.3) is 10.9 Å². The number of carbonyl (C=O) groups is 1. The molecule has 0 saturated carbocycles. The molecule has 0 fully saturated rings. The number of hydrogen-bond donors (Lipinski definition) is 2. The Bertz CT molecular complexity index is 1120. The third-order valence-corrected chi connectivity index (χ3v) is 4.06. The Morgan fingerprint density at radius 2 is 1.96 bits per heavy atom. The molecule has 124 valence electrons. The lowest BCUT2D eigenvalue weighted by Crippen LogP contribution is -2.24. The van der Waals surface area contributed by atoms with Crippen LogP contribution in [0.15, 0.2) is 65.7 Å². The van der Waals surface area contributed by atoms with Crippen molar-refractivity contribution in [3.8, 4) is 0 Å². The number of fused-ring (bicyclic) bond motifs is 1. The van der Waals surface area contributed by atoms with E-state index < -0.39 is 0 Å². The van der Waals surface area contributed by atoms with Gasteiger partial charge in [0, 0.05) is 17.3 Å². The average Bonchev–Trinajstić information content (AvgIpc) is 3.19. The van der Waals surface area contributed by atoms with Crippen LogP contribution >= 0.6 is 0 Å². The predicted octanol–water partition coefficient (Wildman–Crippen LogP) is 1.85. The van der Waals surface area contributed by atoms with Gasteiger partial charge in [-0.1, -0.05) is 30.3 Å². The molecule has 0 saturated heterocycles. The van der Waals surface area contributed by atoms with Gasteiger partial charge in [0.15, 0.2) is 0 Å². The molecular formula is C18H15N5O2. The van der Waals surface area contributed by atoms with Gasteiger partial charge >= 0.3 is 5.69 Å². The number of H-pyrrole nitrogens is 1. The van der Waals surface area contributed by atoms with Gasteiger partial charge in [0.25, 0.3) is 5.91 Å². The van der Waals surface area contributed by atoms with Crippen molar-refractivity contribution >= 4 is 22.5 Å². The third kappa shape index (κ3) is 2.61. The first-order valence-corrected chi connectivity index (χ1v) is 7.73. The molecule has 2 aromatic carbocycles. The summed E-state index contributed by atoms with van der Waals surface area (Å²) in [5, 5.41) is 4.92. The lowest BCUT2D eigenvalue weighted by Gasteiger charge is -2.07. The molecule has 0 atom stereocenters. The Morgan fingerprint density at radius 1 is 1.16 bits per heavy atom. The van der Waals surface area contributed by atoms with Crippen molar-refractivity contribution in [3.05, 3.63) is 82.7 Å². The highest BCUT2D eigenvalue weighted by Gasteiger charge is 2.19. The van der Waals surface area contributed by atoms with E-state index in [1.165, 1.54) is 15.4 Å². The van der Waals surface area contributed by atoms with E-state index in [1.54, 1.807) is 24.4 Å². The fourth-order valence-electron chi connectivity index (χ4n) is 2.82. The molecule has 2 heterocycles. The van der Waals surface area contributed by atoms with Crippen LogP contribution in [-0.2, 0) is 6.54 Å². The van der Waals surface area contributed by atoms with Crippen molar-refractivity contribution < 1.29 is 4.79 Å². The maximum atomic E-state index is 12.9. The lowest BCUT2D eigenvalue weighted by atomic mass is 10.2. The van der Waals surface area contributed by atoms with E-state index in [-0.39, 0.29) is 17.3 Å². The van der Waals surface area contributed by atoms with Crippen molar-refractivity contribution in [2.24, 2.45) is 0 Å². The molecule has 0 aliphatic heterocycles. The Hall–Kier alpha value is -3.61. The second-order valence-electron chi connectivity index (χ2n) is 5.73. The van der Waals surface area contributed by atoms with E-state index >= 15 is 0 Å². The second-order valence-corrected chi connectivity index (χ2v) is 5.73. The fraction of sp³-hybridized carbons (Fsp3) is 0.0556. The zero-order valence-corrected chi connectivity index (χ0v) is 13.2. The molecule has 7 nitrogen and oxygen atoms in total. The van der Waals surface area contributed by atoms with Crippen LogP contribution < -0.4 is 11.4 Å². The molecule has 3 N–H and O–H groups in total. The number of benzene rings is 2. The van der Waals surface area contributed by atoms with Gasteiger partial charge in [0.1, 0.15) is 5.69 Å². The van der Waals surface area contributed by atoms with Crippen molar-refractivity contribution in [2.45, 2.75) is 6.54 Å². The summed E-state index contributed by atoms with van der Waals surface area (Å²) in [5.74, 6) is -0.381. The Labute approximate surface area is 142 Å². The molecule has 4 rings (SSSR count). The molecule has 0 amide bonds. The number of carbonyl (C=O) groups excluding carboxylic acids is 1. The van der Waals surface area contributed by atoms with Gasteiger partial charge in [-0.15, -0.1) is 0 Å². The number of anilines is 1. The first kappa shape index (κ1) is 14.9. The molecule has 4 aromatic rings. The van der Waals surface area contributed by atoms with Crippen LogP contribution in [0.4, 0.5) is 5.69 Å². The number of aromatic nitrogens is 4. The summed E-state index contributed by atoms with van der Waals surface area (Å²) in [7, 11) is 0. The number of nitrogens with two attached hydrogens (primary N) is 1. The molecule has 0 aliphatic rings. The van der Waals surface area contributed by atoms with Gasteiger partial charge in [-0.25, -0.2) is 4.79 Å². The first-order valence-electron chi connectivity index (χ1n) is 7.73. The highest BCUT2D eigenvalue weighted by atomic mass is 16.2. The standard InChI is InChI=1S/C18H15N5O2/c19-14-6-7-15-13(8-14)9-21-23(15)17(24)16-10-20-18(25)22(16)11-12-4-2-1-3-5-12/h1-10H,11,19H2,(H,20,25). The largest absolute Gasteiger partial charge is 0.399 e. The van der Waals surface area contributed by atoms with Crippen molar-refractivity contribution in [2.75, 3.05) is 5.73 Å². The first-order chi connectivity index (χ1) is 12.1. The normalized spacial score (nSPS) is 11.0. The molecular weight excluding hydrogens is 318 g/mol. The topological polar surface area (TPSA) is 98.7 Å². The zero-order valence-electron chi connectivity index (χ0n) is 13.2. The highest BCUT2D eigenvalue weighted by Crippen LogP contribution is 2.18. The van der Waals surface area contributed by atoms with Crippen LogP contribution in [0.5, 0.6) is 0 Å². The van der Waals surface area contributed by atoms with E-state index in [2.05, 4.69) is 10.1 Å². The summed E-state index contributed by atoms with van der Waals surface area (Å²) in [6, 6.07) is 14.7. The van der Waals surface area contributed by atoms with E-state index in [9.17, 15) is 9.59 Å². The van der Waals surface area contributed by atoms with Crippen LogP contribution in [0.3, 0.4) is 0 Å². The summed E-state index contributed by atoms with van der Waals surface area (Å²) in [6.07, 6.45) is 2.99. The summed E-state index contributed by atoms with van der Waals surface area (Å²) in [5.41, 5.74) is 7.83. The third-order valence-electron chi connectivity index (χ3n) is 4.06. The van der Waals surface area contributed by atoms with Gasteiger partial charge in [-0.3, -0.25) is 9.36 Å². The Morgan fingerprint density at radius 3 is 2.76 bits per heavy atom. The van der Waals surface area contributed by atoms with Gasteiger partial charge in [-0.05, 0) is 23.8 Å². The summed E-state index contributed by atoms with van der Waals surface area (Å²) < 4.78 is 2.68. The number of nitrogens with zero attached hydrogens (tertiary/aromatic N) is 3. The Balaban J connectivity index is 1.77. The summed E-state index contributed by atoms with van der Waals surface area (Å²) in [4.78, 5) is 27.6. The lowest BCUT2D eigenvalue weighted by molar-refractivity contribution is 0.0941. The number of rotatable bonds is 3. The number of nitrogen functional groups attached to an aromatic ring is 1. The van der Waals surface area contributed by atoms with Crippen LogP contribution in [0.2, 0.25) is 0 Å². The van der Waals surface area contributed by atoms with Gasteiger partial charge in [0.2, 0.25) is 0 Å². The minimum Gasteiger partial charge on any atom is -0.399 e. The van der Waals surface area contributed by atoms with E-state index in [0.29, 0.717) is 17.7 Å². The maximum absolute atomic E-state index is 12.9. The van der Waals surface area contributed by atoms with E-state index in [1.807, 2.05) is 30.3 Å². The number of aromatic amines is 1. The molecule has 0 radical (unpaired) electrons. The summed E-state index contributed by atoms with van der Waals surface area (Å²) in [6.45, 7) is 0.302. The highest BCUT2D eigenvalue weighted by molar-refractivity contribution is 6.00. The molecule has 0 unspecified atom stereocenters. The van der Waals surface area contributed by atoms with E-state index in [4.69, 9.17) is 5.73 Å². The molecule has 0 spiro atoms. The molecule has 0 aliphatic carbocycles. The van der Waals surface area contributed by atoms with Crippen LogP contribution in [0.1, 0.15) is 16.1 Å². The minimum absolute atomic E-state index is 0.246. The average molecular weight is 333 g/mol.